The van der Waals surface area contributed by atoms with Crippen molar-refractivity contribution in [2.24, 2.45) is 0 Å². The SMILES string of the molecule is CCCCCCCCCCC/C=C/CC/C=C/CCCC(O)C(O)C(COC1OC(CO)C(O)C(O)C1O)NC(=O)C(O)CCCCCCCCCCC/C=C\CCCCCCCCCCCCCC. The molecule has 0 bridgehead atoms. The van der Waals surface area contributed by atoms with Gasteiger partial charge in [0.2, 0.25) is 5.91 Å². The van der Waals surface area contributed by atoms with E-state index in [1.54, 1.807) is 0 Å². The van der Waals surface area contributed by atoms with Crippen LogP contribution >= 0.6 is 0 Å². The van der Waals surface area contributed by atoms with E-state index in [1.165, 1.54) is 180 Å². The first-order valence-corrected chi connectivity index (χ1v) is 29.4. The van der Waals surface area contributed by atoms with Crippen molar-refractivity contribution in [3.63, 3.8) is 0 Å². The molecule has 11 nitrogen and oxygen atoms in total. The number of hydrogen-bond acceptors (Lipinski definition) is 10. The van der Waals surface area contributed by atoms with Gasteiger partial charge < -0.3 is 50.5 Å². The predicted octanol–water partition coefficient (Wildman–Crippen LogP) is 12.3. The number of aliphatic hydroxyl groups is 7. The molecule has 0 saturated carbocycles. The van der Waals surface area contributed by atoms with Gasteiger partial charge in [-0.05, 0) is 77.0 Å². The smallest absolute Gasteiger partial charge is 0.249 e. The lowest BCUT2D eigenvalue weighted by molar-refractivity contribution is -0.303. The molecule has 1 amide bonds. The Morgan fingerprint density at radius 3 is 1.27 bits per heavy atom. The zero-order valence-electron chi connectivity index (χ0n) is 45.0. The summed E-state index contributed by atoms with van der Waals surface area (Å²) in [5.74, 6) is -0.710. The van der Waals surface area contributed by atoms with Gasteiger partial charge in [-0.3, -0.25) is 4.79 Å². The van der Waals surface area contributed by atoms with Crippen molar-refractivity contribution in [1.29, 1.82) is 0 Å². The minimum Gasteiger partial charge on any atom is -0.394 e. The second-order valence-corrected chi connectivity index (χ2v) is 20.7. The highest BCUT2D eigenvalue weighted by Gasteiger charge is 2.44. The number of nitrogens with one attached hydrogen (secondary N) is 1. The van der Waals surface area contributed by atoms with E-state index in [0.29, 0.717) is 19.3 Å². The van der Waals surface area contributed by atoms with Crippen molar-refractivity contribution >= 4 is 5.91 Å². The summed E-state index contributed by atoms with van der Waals surface area (Å²) in [7, 11) is 0. The van der Waals surface area contributed by atoms with E-state index in [1.807, 2.05) is 0 Å². The molecule has 1 fully saturated rings. The molecule has 0 radical (unpaired) electrons. The van der Waals surface area contributed by atoms with Crippen LogP contribution < -0.4 is 5.32 Å². The van der Waals surface area contributed by atoms with Crippen molar-refractivity contribution in [3.8, 4) is 0 Å². The van der Waals surface area contributed by atoms with Crippen LogP contribution in [0.4, 0.5) is 0 Å². The number of allylic oxidation sites excluding steroid dienone is 6. The lowest BCUT2D eigenvalue weighted by Crippen LogP contribution is -2.60. The first-order valence-electron chi connectivity index (χ1n) is 29.4. The van der Waals surface area contributed by atoms with E-state index in [2.05, 4.69) is 55.6 Å². The molecule has 0 aromatic heterocycles. The van der Waals surface area contributed by atoms with E-state index < -0.39 is 74.2 Å². The number of carbonyl (C=O) groups is 1. The summed E-state index contributed by atoms with van der Waals surface area (Å²) >= 11 is 0. The molecule has 8 N–H and O–H groups in total. The van der Waals surface area contributed by atoms with E-state index in [4.69, 9.17) is 9.47 Å². The summed E-state index contributed by atoms with van der Waals surface area (Å²) < 4.78 is 11.1. The fourth-order valence-corrected chi connectivity index (χ4v) is 9.34. The van der Waals surface area contributed by atoms with Crippen LogP contribution in [-0.4, -0.2) is 110 Å². The topological polar surface area (TPSA) is 189 Å². The number of unbranched alkanes of at least 4 members (excludes halogenated alkanes) is 32. The van der Waals surface area contributed by atoms with Crippen molar-refractivity contribution in [1.82, 2.24) is 5.32 Å². The minimum atomic E-state index is -1.67. The van der Waals surface area contributed by atoms with Crippen LogP contribution in [-0.2, 0) is 14.3 Å². The molecule has 9 atom stereocenters. The van der Waals surface area contributed by atoms with Gasteiger partial charge in [0.1, 0.15) is 36.6 Å². The highest BCUT2D eigenvalue weighted by atomic mass is 16.7. The van der Waals surface area contributed by atoms with Crippen molar-refractivity contribution < 1.29 is 50.0 Å². The van der Waals surface area contributed by atoms with Gasteiger partial charge in [-0.25, -0.2) is 0 Å². The molecular weight excluding hydrogens is 883 g/mol. The quantitative estimate of drug-likeness (QED) is 0.0215. The average Bonchev–Trinajstić information content (AvgIpc) is 3.36. The second-order valence-electron chi connectivity index (χ2n) is 20.7. The summed E-state index contributed by atoms with van der Waals surface area (Å²) in [6, 6.07) is -1.19. The lowest BCUT2D eigenvalue weighted by Gasteiger charge is -2.40. The van der Waals surface area contributed by atoms with Gasteiger partial charge in [0.15, 0.2) is 6.29 Å². The van der Waals surface area contributed by atoms with Gasteiger partial charge in [-0.15, -0.1) is 0 Å². The summed E-state index contributed by atoms with van der Waals surface area (Å²) in [5.41, 5.74) is 0. The number of aliphatic hydroxyl groups excluding tert-OH is 7. The highest BCUT2D eigenvalue weighted by Crippen LogP contribution is 2.23. The van der Waals surface area contributed by atoms with Gasteiger partial charge in [0, 0.05) is 0 Å². The van der Waals surface area contributed by atoms with Crippen LogP contribution in [0.25, 0.3) is 0 Å². The Kier molecular flexibility index (Phi) is 45.8. The zero-order valence-corrected chi connectivity index (χ0v) is 45.0. The maximum atomic E-state index is 13.2. The van der Waals surface area contributed by atoms with Gasteiger partial charge in [0.25, 0.3) is 0 Å². The molecule has 1 saturated heterocycles. The largest absolute Gasteiger partial charge is 0.394 e. The fraction of sp³-hybridized carbons (Fsp3) is 0.881. The normalized spacial score (nSPS) is 20.5. The van der Waals surface area contributed by atoms with E-state index in [0.717, 1.165) is 38.5 Å². The third kappa shape index (κ3) is 36.3. The third-order valence-corrected chi connectivity index (χ3v) is 14.1. The van der Waals surface area contributed by atoms with Gasteiger partial charge in [-0.2, -0.15) is 0 Å². The highest BCUT2D eigenvalue weighted by molar-refractivity contribution is 5.80. The van der Waals surface area contributed by atoms with Crippen LogP contribution in [0, 0.1) is 0 Å². The Balaban J connectivity index is 2.32. The first kappa shape index (κ1) is 66.3. The number of hydrogen-bond donors (Lipinski definition) is 8. The molecule has 0 spiro atoms. The molecule has 9 unspecified atom stereocenters. The van der Waals surface area contributed by atoms with Gasteiger partial charge >= 0.3 is 0 Å². The number of carbonyl (C=O) groups excluding carboxylic acids is 1. The number of rotatable bonds is 50. The van der Waals surface area contributed by atoms with Crippen LogP contribution in [0.3, 0.4) is 0 Å². The third-order valence-electron chi connectivity index (χ3n) is 14.1. The molecule has 1 rings (SSSR count). The maximum Gasteiger partial charge on any atom is 0.249 e. The van der Waals surface area contributed by atoms with E-state index >= 15 is 0 Å². The molecule has 0 aromatic carbocycles. The number of amides is 1. The first-order chi connectivity index (χ1) is 34.2. The molecule has 412 valence electrons. The number of ether oxygens (including phenoxy) is 2. The predicted molar refractivity (Wildman–Crippen MR) is 289 cm³/mol. The summed E-state index contributed by atoms with van der Waals surface area (Å²) in [5, 5.41) is 76.1. The Hall–Kier alpha value is -1.67. The molecule has 70 heavy (non-hydrogen) atoms. The molecule has 11 heteroatoms. The van der Waals surface area contributed by atoms with Crippen LogP contribution in [0.1, 0.15) is 264 Å². The van der Waals surface area contributed by atoms with Crippen molar-refractivity contribution in [3.05, 3.63) is 36.5 Å². The Bertz CT molecular complexity index is 1230. The Morgan fingerprint density at radius 1 is 0.486 bits per heavy atom. The van der Waals surface area contributed by atoms with E-state index in [9.17, 15) is 40.5 Å². The standard InChI is InChI=1S/C59H111NO10/c1-3-5-7-9-11-13-15-17-19-21-23-24-25-26-27-28-29-31-33-35-37-39-41-43-45-47-52(63)58(68)60-50(49-69-59-57(67)56(66)55(65)53(48-61)70-59)54(64)51(62)46-44-42-40-38-36-34-32-30-22-20-18-16-14-12-10-8-6-4-2/h26-27,30,32,38,40,50-57,59,61-67H,3-25,28-29,31,33-37,39,41-49H2,1-2H3,(H,60,68)/b27-26-,32-30+,40-38+. The van der Waals surface area contributed by atoms with Crippen LogP contribution in [0.2, 0.25) is 0 Å². The van der Waals surface area contributed by atoms with Crippen molar-refractivity contribution in [2.45, 2.75) is 319 Å². The molecule has 0 aliphatic carbocycles. The van der Waals surface area contributed by atoms with Crippen LogP contribution in [0.15, 0.2) is 36.5 Å². The summed E-state index contributed by atoms with van der Waals surface area (Å²) in [6.07, 6.45) is 47.7. The molecule has 1 aliphatic heterocycles. The molecular formula is C59H111NO10. The average molecular weight is 995 g/mol. The Morgan fingerprint density at radius 2 is 0.857 bits per heavy atom. The van der Waals surface area contributed by atoms with Crippen LogP contribution in [0.5, 0.6) is 0 Å². The van der Waals surface area contributed by atoms with E-state index in [-0.39, 0.29) is 12.8 Å². The maximum absolute atomic E-state index is 13.2. The van der Waals surface area contributed by atoms with Gasteiger partial charge in [0.05, 0.1) is 25.4 Å². The molecule has 1 heterocycles. The lowest BCUT2D eigenvalue weighted by atomic mass is 9.98. The summed E-state index contributed by atoms with van der Waals surface area (Å²) in [4.78, 5) is 13.2. The minimum absolute atomic E-state index is 0.246. The fourth-order valence-electron chi connectivity index (χ4n) is 9.34. The molecule has 0 aromatic rings. The monoisotopic (exact) mass is 994 g/mol. The second kappa shape index (κ2) is 48.3. The summed E-state index contributed by atoms with van der Waals surface area (Å²) in [6.45, 7) is 3.45. The van der Waals surface area contributed by atoms with Gasteiger partial charge in [-0.1, -0.05) is 224 Å². The molecule has 1 aliphatic rings. The zero-order chi connectivity index (χ0) is 51.1. The van der Waals surface area contributed by atoms with Crippen molar-refractivity contribution in [2.75, 3.05) is 13.2 Å². The Labute approximate surface area is 428 Å².